The van der Waals surface area contributed by atoms with Gasteiger partial charge in [-0.15, -0.1) is 0 Å². The molecule has 0 aromatic rings. The maximum Gasteiger partial charge on any atom is 0.305 e. The lowest BCUT2D eigenvalue weighted by Crippen LogP contribution is -2.45. The van der Waals surface area contributed by atoms with Crippen LogP contribution in [-0.2, 0) is 14.3 Å². The third kappa shape index (κ3) is 75.5. The van der Waals surface area contributed by atoms with Gasteiger partial charge in [0, 0.05) is 12.8 Å². The zero-order valence-corrected chi connectivity index (χ0v) is 61.0. The molecule has 0 saturated heterocycles. The Labute approximate surface area is 559 Å². The Balaban J connectivity index is 3.34. The van der Waals surface area contributed by atoms with Crippen molar-refractivity contribution in [3.63, 3.8) is 0 Å². The van der Waals surface area contributed by atoms with E-state index in [9.17, 15) is 19.8 Å². The molecule has 1 amide bonds. The number of carbonyl (C=O) groups is 2. The molecule has 6 nitrogen and oxygen atoms in total. The highest BCUT2D eigenvalue weighted by atomic mass is 16.5. The second kappa shape index (κ2) is 79.0. The Morgan fingerprint density at radius 3 is 0.764 bits per heavy atom. The van der Waals surface area contributed by atoms with Crippen LogP contribution in [0.4, 0.5) is 0 Å². The van der Waals surface area contributed by atoms with E-state index in [1.54, 1.807) is 6.08 Å². The fourth-order valence-electron chi connectivity index (χ4n) is 13.5. The van der Waals surface area contributed by atoms with Crippen molar-refractivity contribution in [1.82, 2.24) is 5.32 Å². The van der Waals surface area contributed by atoms with Crippen LogP contribution >= 0.6 is 0 Å². The molecule has 0 radical (unpaired) electrons. The number of carbonyl (C=O) groups excluding carboxylic acids is 2. The highest BCUT2D eigenvalue weighted by molar-refractivity contribution is 5.76. The minimum absolute atomic E-state index is 0.0253. The summed E-state index contributed by atoms with van der Waals surface area (Å²) in [5, 5.41) is 23.3. The summed E-state index contributed by atoms with van der Waals surface area (Å²) in [6.45, 7) is 4.97. The largest absolute Gasteiger partial charge is 0.466 e. The van der Waals surface area contributed by atoms with Crippen LogP contribution in [0.5, 0.6) is 0 Å². The van der Waals surface area contributed by atoms with Crippen molar-refractivity contribution in [3.05, 3.63) is 12.2 Å². The van der Waals surface area contributed by atoms with Crippen LogP contribution in [0.1, 0.15) is 483 Å². The lowest BCUT2D eigenvalue weighted by molar-refractivity contribution is -0.143. The number of hydrogen-bond donors (Lipinski definition) is 3. The Hall–Kier alpha value is -1.40. The van der Waals surface area contributed by atoms with Gasteiger partial charge in [-0.3, -0.25) is 9.59 Å². The Kier molecular flexibility index (Phi) is 77.8. The van der Waals surface area contributed by atoms with Gasteiger partial charge in [-0.05, 0) is 32.1 Å². The van der Waals surface area contributed by atoms with E-state index < -0.39 is 12.1 Å². The van der Waals surface area contributed by atoms with Crippen LogP contribution in [-0.4, -0.2) is 47.4 Å². The molecule has 0 aliphatic carbocycles. The number of hydrogen-bond acceptors (Lipinski definition) is 5. The third-order valence-corrected chi connectivity index (χ3v) is 19.8. The van der Waals surface area contributed by atoms with E-state index in [0.717, 1.165) is 38.5 Å². The molecular formula is C83H163NO5. The summed E-state index contributed by atoms with van der Waals surface area (Å²) < 4.78 is 5.51. The predicted molar refractivity (Wildman–Crippen MR) is 394 cm³/mol. The van der Waals surface area contributed by atoms with Gasteiger partial charge in [0.2, 0.25) is 5.91 Å². The summed E-state index contributed by atoms with van der Waals surface area (Å²) >= 11 is 0. The number of ether oxygens (including phenoxy) is 1. The van der Waals surface area contributed by atoms with E-state index >= 15 is 0 Å². The molecule has 0 aromatic carbocycles. The first-order valence-corrected chi connectivity index (χ1v) is 41.5. The van der Waals surface area contributed by atoms with Crippen LogP contribution < -0.4 is 5.32 Å². The molecule has 2 atom stereocenters. The van der Waals surface area contributed by atoms with Crippen molar-refractivity contribution in [2.24, 2.45) is 0 Å². The molecule has 0 aromatic heterocycles. The number of unbranched alkanes of at least 4 members (excludes halogenated alkanes) is 68. The third-order valence-electron chi connectivity index (χ3n) is 19.8. The highest BCUT2D eigenvalue weighted by Crippen LogP contribution is 2.21. The molecule has 0 aliphatic rings. The normalized spacial score (nSPS) is 12.4. The highest BCUT2D eigenvalue weighted by Gasteiger charge is 2.18. The fourth-order valence-corrected chi connectivity index (χ4v) is 13.5. The van der Waals surface area contributed by atoms with E-state index in [2.05, 4.69) is 19.2 Å². The summed E-state index contributed by atoms with van der Waals surface area (Å²) in [6, 6.07) is -0.625. The number of esters is 1. The first kappa shape index (κ1) is 87.6. The SMILES string of the molecule is CCCCCCCCCCCCCCCCCCCCCCCCC/C=C/C(O)C(CO)NC(=O)CCCCCCCCCCCCCCCCCCCCCCCCCCCCCCCCCCOC(=O)CCCCCCCCCCCCCCCCC. The van der Waals surface area contributed by atoms with Crippen molar-refractivity contribution in [3.8, 4) is 0 Å². The minimum atomic E-state index is -0.842. The molecule has 0 heterocycles. The standard InChI is InChI=1S/C83H163NO5/c1-3-5-7-9-11-13-15-17-19-20-21-22-23-32-35-38-41-44-48-51-55-59-63-67-71-75-81(86)80(79-85)84-82(87)76-72-68-64-60-56-52-49-45-42-39-36-33-30-28-26-24-25-27-29-31-34-37-40-43-46-50-54-58-62-66-70-74-78-89-83(88)77-73-69-65-61-57-53-47-18-16-14-12-10-8-6-4-2/h71,75,80-81,85-86H,3-70,72-74,76-79H2,1-2H3,(H,84,87)/b75-71+. The maximum atomic E-state index is 12.6. The average molecular weight is 1260 g/mol. The Morgan fingerprint density at radius 1 is 0.303 bits per heavy atom. The second-order valence-electron chi connectivity index (χ2n) is 28.8. The fraction of sp³-hybridized carbons (Fsp3) is 0.952. The maximum absolute atomic E-state index is 12.6. The summed E-state index contributed by atoms with van der Waals surface area (Å²) in [4.78, 5) is 24.7. The van der Waals surface area contributed by atoms with E-state index in [4.69, 9.17) is 4.74 Å². The first-order chi connectivity index (χ1) is 44.0. The van der Waals surface area contributed by atoms with Gasteiger partial charge in [0.15, 0.2) is 0 Å². The van der Waals surface area contributed by atoms with Crippen molar-refractivity contribution >= 4 is 11.9 Å². The van der Waals surface area contributed by atoms with Crippen LogP contribution in [0.2, 0.25) is 0 Å². The van der Waals surface area contributed by atoms with Crippen molar-refractivity contribution in [2.75, 3.05) is 13.2 Å². The van der Waals surface area contributed by atoms with Gasteiger partial charge in [0.25, 0.3) is 0 Å². The van der Waals surface area contributed by atoms with Gasteiger partial charge in [-0.25, -0.2) is 0 Å². The van der Waals surface area contributed by atoms with Crippen molar-refractivity contribution in [2.45, 2.75) is 495 Å². The quantitative estimate of drug-likeness (QED) is 0.0320. The topological polar surface area (TPSA) is 95.9 Å². The lowest BCUT2D eigenvalue weighted by atomic mass is 10.0. The van der Waals surface area contributed by atoms with Crippen LogP contribution in [0.3, 0.4) is 0 Å². The first-order valence-electron chi connectivity index (χ1n) is 41.5. The van der Waals surface area contributed by atoms with Gasteiger partial charge in [0.1, 0.15) is 0 Å². The van der Waals surface area contributed by atoms with Crippen molar-refractivity contribution < 1.29 is 24.5 Å². The molecule has 0 bridgehead atoms. The second-order valence-corrected chi connectivity index (χ2v) is 28.8. The molecule has 0 saturated carbocycles. The minimum Gasteiger partial charge on any atom is -0.466 e. The predicted octanol–water partition coefficient (Wildman–Crippen LogP) is 27.4. The molecular weight excluding hydrogens is 1090 g/mol. The van der Waals surface area contributed by atoms with Gasteiger partial charge in [0.05, 0.1) is 25.4 Å². The van der Waals surface area contributed by atoms with Gasteiger partial charge in [-0.1, -0.05) is 450 Å². The molecule has 89 heavy (non-hydrogen) atoms. The van der Waals surface area contributed by atoms with Crippen LogP contribution in [0, 0.1) is 0 Å². The average Bonchev–Trinajstić information content (AvgIpc) is 3.54. The molecule has 2 unspecified atom stereocenters. The molecule has 6 heteroatoms. The van der Waals surface area contributed by atoms with Gasteiger partial charge < -0.3 is 20.3 Å². The molecule has 530 valence electrons. The van der Waals surface area contributed by atoms with E-state index in [-0.39, 0.29) is 18.5 Å². The summed E-state index contributed by atoms with van der Waals surface area (Å²) in [6.07, 6.45) is 101. The van der Waals surface area contributed by atoms with E-state index in [0.29, 0.717) is 19.4 Å². The van der Waals surface area contributed by atoms with E-state index in [1.807, 2.05) is 6.08 Å². The van der Waals surface area contributed by atoms with Gasteiger partial charge >= 0.3 is 5.97 Å². The molecule has 0 fully saturated rings. The van der Waals surface area contributed by atoms with E-state index in [1.165, 1.54) is 417 Å². The zero-order chi connectivity index (χ0) is 64.2. The smallest absolute Gasteiger partial charge is 0.305 e. The number of amides is 1. The molecule has 3 N–H and O–H groups in total. The summed E-state index contributed by atoms with van der Waals surface area (Å²) in [5.41, 5.74) is 0. The summed E-state index contributed by atoms with van der Waals surface area (Å²) in [7, 11) is 0. The zero-order valence-electron chi connectivity index (χ0n) is 61.0. The monoisotopic (exact) mass is 1250 g/mol. The molecule has 0 aliphatic heterocycles. The number of rotatable bonds is 79. The van der Waals surface area contributed by atoms with Gasteiger partial charge in [-0.2, -0.15) is 0 Å². The number of aliphatic hydroxyl groups excluding tert-OH is 2. The van der Waals surface area contributed by atoms with Crippen LogP contribution in [0.15, 0.2) is 12.2 Å². The summed E-state index contributed by atoms with van der Waals surface area (Å²) in [5.74, 6) is -0.0320. The lowest BCUT2D eigenvalue weighted by Gasteiger charge is -2.20. The van der Waals surface area contributed by atoms with Crippen molar-refractivity contribution in [1.29, 1.82) is 0 Å². The molecule has 0 rings (SSSR count). The number of nitrogens with one attached hydrogen (secondary N) is 1. The van der Waals surface area contributed by atoms with Crippen LogP contribution in [0.25, 0.3) is 0 Å². The Morgan fingerprint density at radius 2 is 0.517 bits per heavy atom. The molecule has 0 spiro atoms. The Bertz CT molecular complexity index is 1350. The number of allylic oxidation sites excluding steroid dienone is 1. The number of aliphatic hydroxyl groups is 2.